The van der Waals surface area contributed by atoms with Gasteiger partial charge in [0.1, 0.15) is 12.1 Å². The van der Waals surface area contributed by atoms with Crippen molar-refractivity contribution >= 4 is 22.6 Å². The fraction of sp³-hybridized carbons (Fsp3) is 0.0909. The third kappa shape index (κ3) is 3.05. The summed E-state index contributed by atoms with van der Waals surface area (Å²) in [5.41, 5.74) is 17.8. The predicted molar refractivity (Wildman–Crippen MR) is 111 cm³/mol. The topological polar surface area (TPSA) is 108 Å². The van der Waals surface area contributed by atoms with Gasteiger partial charge in [0, 0.05) is 22.2 Å². The van der Waals surface area contributed by atoms with Crippen LogP contribution in [0.4, 0.5) is 5.82 Å². The van der Waals surface area contributed by atoms with Crippen LogP contribution >= 0.6 is 0 Å². The molecule has 138 valence electrons. The fourth-order valence-electron chi connectivity index (χ4n) is 3.31. The standard InChI is InChI=1S/C22H19N5O/c1-12-4-3-5-15(8-12)20-17(10-18(22(24)28)21(23)27-20)14-6-7-19-16(9-14)13(2)25-11-26-19/h3-11H,1-2H3,(H2,23,27)(H2,24,28). The van der Waals surface area contributed by atoms with Crippen LogP contribution < -0.4 is 11.5 Å². The predicted octanol–water partition coefficient (Wildman–Crippen LogP) is 3.66. The van der Waals surface area contributed by atoms with Gasteiger partial charge < -0.3 is 11.5 Å². The molecule has 28 heavy (non-hydrogen) atoms. The van der Waals surface area contributed by atoms with Crippen LogP contribution in [0.25, 0.3) is 33.3 Å². The molecule has 4 aromatic rings. The number of hydrogen-bond donors (Lipinski definition) is 2. The van der Waals surface area contributed by atoms with Crippen LogP contribution in [0.5, 0.6) is 0 Å². The van der Waals surface area contributed by atoms with Crippen molar-refractivity contribution in [1.29, 1.82) is 0 Å². The highest BCUT2D eigenvalue weighted by Gasteiger charge is 2.17. The number of aryl methyl sites for hydroxylation is 2. The molecule has 2 aromatic carbocycles. The largest absolute Gasteiger partial charge is 0.383 e. The molecule has 0 spiro atoms. The second kappa shape index (κ2) is 6.74. The van der Waals surface area contributed by atoms with Crippen LogP contribution in [0, 0.1) is 13.8 Å². The number of aromatic nitrogens is 3. The molecule has 6 heteroatoms. The number of pyridine rings is 1. The number of benzene rings is 2. The number of anilines is 1. The van der Waals surface area contributed by atoms with Gasteiger partial charge in [0.15, 0.2) is 0 Å². The smallest absolute Gasteiger partial charge is 0.252 e. The Morgan fingerprint density at radius 3 is 2.54 bits per heavy atom. The normalized spacial score (nSPS) is 10.9. The highest BCUT2D eigenvalue weighted by Crippen LogP contribution is 2.35. The average Bonchev–Trinajstić information content (AvgIpc) is 2.67. The van der Waals surface area contributed by atoms with Gasteiger partial charge in [-0.3, -0.25) is 4.79 Å². The van der Waals surface area contributed by atoms with Gasteiger partial charge in [-0.25, -0.2) is 15.0 Å². The van der Waals surface area contributed by atoms with Crippen molar-refractivity contribution in [1.82, 2.24) is 15.0 Å². The number of carbonyl (C=O) groups is 1. The number of rotatable bonds is 3. The Hall–Kier alpha value is -3.80. The Bertz CT molecular complexity index is 1230. The Kier molecular flexibility index (Phi) is 4.24. The van der Waals surface area contributed by atoms with Crippen LogP contribution in [0.2, 0.25) is 0 Å². The molecule has 2 heterocycles. The summed E-state index contributed by atoms with van der Waals surface area (Å²) >= 11 is 0. The zero-order chi connectivity index (χ0) is 19.8. The van der Waals surface area contributed by atoms with Crippen molar-refractivity contribution in [2.75, 3.05) is 5.73 Å². The van der Waals surface area contributed by atoms with E-state index in [2.05, 4.69) is 15.0 Å². The monoisotopic (exact) mass is 369 g/mol. The van der Waals surface area contributed by atoms with Gasteiger partial charge in [-0.1, -0.05) is 29.8 Å². The lowest BCUT2D eigenvalue weighted by molar-refractivity contribution is 0.100. The highest BCUT2D eigenvalue weighted by molar-refractivity contribution is 6.00. The molecule has 4 N–H and O–H groups in total. The number of nitrogen functional groups attached to an aromatic ring is 1. The molecule has 2 aromatic heterocycles. The van der Waals surface area contributed by atoms with Crippen LogP contribution in [-0.2, 0) is 0 Å². The molecule has 0 atom stereocenters. The Labute approximate surface area is 162 Å². The van der Waals surface area contributed by atoms with Crippen LogP contribution in [-0.4, -0.2) is 20.9 Å². The van der Waals surface area contributed by atoms with E-state index in [0.717, 1.165) is 38.9 Å². The molecule has 0 radical (unpaired) electrons. The van der Waals surface area contributed by atoms with Gasteiger partial charge in [0.25, 0.3) is 5.91 Å². The molecule has 0 unspecified atom stereocenters. The lowest BCUT2D eigenvalue weighted by Gasteiger charge is -2.14. The second-order valence-corrected chi connectivity index (χ2v) is 6.74. The Morgan fingerprint density at radius 2 is 1.79 bits per heavy atom. The summed E-state index contributed by atoms with van der Waals surface area (Å²) in [6, 6.07) is 15.6. The van der Waals surface area contributed by atoms with Crippen molar-refractivity contribution in [3.05, 3.63) is 71.7 Å². The Morgan fingerprint density at radius 1 is 0.964 bits per heavy atom. The summed E-state index contributed by atoms with van der Waals surface area (Å²) in [7, 11) is 0. The first-order valence-electron chi connectivity index (χ1n) is 8.83. The van der Waals surface area contributed by atoms with Gasteiger partial charge in [-0.15, -0.1) is 0 Å². The second-order valence-electron chi connectivity index (χ2n) is 6.74. The number of amides is 1. The fourth-order valence-corrected chi connectivity index (χ4v) is 3.31. The number of primary amides is 1. The molecule has 0 aliphatic rings. The lowest BCUT2D eigenvalue weighted by Crippen LogP contribution is -2.15. The molecular formula is C22H19N5O. The summed E-state index contributed by atoms with van der Waals surface area (Å²) < 4.78 is 0. The minimum Gasteiger partial charge on any atom is -0.383 e. The molecule has 0 saturated carbocycles. The van der Waals surface area contributed by atoms with E-state index in [0.29, 0.717) is 5.69 Å². The summed E-state index contributed by atoms with van der Waals surface area (Å²) in [6.45, 7) is 3.95. The van der Waals surface area contributed by atoms with Crippen molar-refractivity contribution in [3.8, 4) is 22.4 Å². The van der Waals surface area contributed by atoms with Gasteiger partial charge in [-0.2, -0.15) is 0 Å². The van der Waals surface area contributed by atoms with E-state index in [4.69, 9.17) is 11.5 Å². The maximum Gasteiger partial charge on any atom is 0.252 e. The van der Waals surface area contributed by atoms with Crippen molar-refractivity contribution in [3.63, 3.8) is 0 Å². The first-order chi connectivity index (χ1) is 13.4. The van der Waals surface area contributed by atoms with Gasteiger partial charge >= 0.3 is 0 Å². The zero-order valence-corrected chi connectivity index (χ0v) is 15.6. The zero-order valence-electron chi connectivity index (χ0n) is 15.6. The maximum absolute atomic E-state index is 11.9. The molecule has 0 fully saturated rings. The average molecular weight is 369 g/mol. The van der Waals surface area contributed by atoms with Crippen molar-refractivity contribution in [2.24, 2.45) is 5.73 Å². The van der Waals surface area contributed by atoms with E-state index in [1.54, 1.807) is 12.4 Å². The van der Waals surface area contributed by atoms with Gasteiger partial charge in [0.05, 0.1) is 16.8 Å². The first kappa shape index (κ1) is 17.6. The number of nitrogens with zero attached hydrogens (tertiary/aromatic N) is 3. The molecule has 6 nitrogen and oxygen atoms in total. The third-order valence-corrected chi connectivity index (χ3v) is 4.75. The minimum atomic E-state index is -0.609. The summed E-state index contributed by atoms with van der Waals surface area (Å²) in [4.78, 5) is 25.0. The van der Waals surface area contributed by atoms with E-state index in [-0.39, 0.29) is 11.4 Å². The summed E-state index contributed by atoms with van der Waals surface area (Å²) in [5, 5.41) is 0.938. The van der Waals surface area contributed by atoms with Gasteiger partial charge in [-0.05, 0) is 43.7 Å². The van der Waals surface area contributed by atoms with E-state index in [9.17, 15) is 4.79 Å². The Balaban J connectivity index is 2.03. The molecule has 0 saturated heterocycles. The summed E-state index contributed by atoms with van der Waals surface area (Å²) in [5.74, 6) is -0.490. The number of hydrogen-bond acceptors (Lipinski definition) is 5. The number of carbonyl (C=O) groups excluding carboxylic acids is 1. The lowest BCUT2D eigenvalue weighted by atomic mass is 9.95. The third-order valence-electron chi connectivity index (χ3n) is 4.75. The van der Waals surface area contributed by atoms with Gasteiger partial charge in [0.2, 0.25) is 0 Å². The van der Waals surface area contributed by atoms with Crippen LogP contribution in [0.3, 0.4) is 0 Å². The molecule has 0 aliphatic heterocycles. The van der Waals surface area contributed by atoms with Crippen LogP contribution in [0.15, 0.2) is 54.9 Å². The molecule has 0 bridgehead atoms. The van der Waals surface area contributed by atoms with Crippen molar-refractivity contribution in [2.45, 2.75) is 13.8 Å². The quantitative estimate of drug-likeness (QED) is 0.573. The van der Waals surface area contributed by atoms with Crippen LogP contribution in [0.1, 0.15) is 21.6 Å². The minimum absolute atomic E-state index is 0.119. The molecule has 0 aliphatic carbocycles. The number of nitrogens with two attached hydrogens (primary N) is 2. The van der Waals surface area contributed by atoms with Crippen molar-refractivity contribution < 1.29 is 4.79 Å². The maximum atomic E-state index is 11.9. The number of fused-ring (bicyclic) bond motifs is 1. The van der Waals surface area contributed by atoms with E-state index in [1.165, 1.54) is 0 Å². The first-order valence-corrected chi connectivity index (χ1v) is 8.83. The highest BCUT2D eigenvalue weighted by atomic mass is 16.1. The van der Waals surface area contributed by atoms with E-state index >= 15 is 0 Å². The van der Waals surface area contributed by atoms with E-state index in [1.807, 2.05) is 56.3 Å². The van der Waals surface area contributed by atoms with E-state index < -0.39 is 5.91 Å². The summed E-state index contributed by atoms with van der Waals surface area (Å²) in [6.07, 6.45) is 1.55. The molecule has 1 amide bonds. The molecular weight excluding hydrogens is 350 g/mol. The molecule has 4 rings (SSSR count). The SMILES string of the molecule is Cc1cccc(-c2nc(N)c(C(N)=O)cc2-c2ccc3ncnc(C)c3c2)c1.